The standard InChI is InChI=1S/C45H47Cl2N3O8.C38H35Cl2NO7.C9H18N2O2.Na.H2O/c1-26-25-44(5,6)50(15-9-12-39(51)48-16-18-49(19-17-48)42(54)58-43(2,3)4)36-24-38-33(23-30(26)36)45(31-11-8-7-10-29(31)41(53)57-45)32-14-13-27(22-37(32)56-38)55-28-20-34(46)40(52)35(47)21-28;1-5-45-34(42)11-8-14-41-31-19-33-28(18-25(31)21(2)20-37(41,3)4)38(26-10-7-6-9-24(26)36(44)48-38)27-13-12-22(17-32(27)47-33)46-23-15-29(39)35(43)30(40)16-23;1-9(2,3)13-8(12)11-6-4-10-5-7-11;;/h7-8,10-11,13-14,20-24,26,52H,9,12,15-19,25H2,1-6H3;6-7,9-10,12-13,15-19,21,43H,5,8,11,14,20H2,1-4H3;10H,4-7H2,1-3H3;;1H2/q;;;+1;/p-1. The summed E-state index contributed by atoms with van der Waals surface area (Å²) in [5.41, 5.74) is 5.54. The summed E-state index contributed by atoms with van der Waals surface area (Å²) >= 11 is 24.7. The number of nitrogens with zero attached hydrogens (tertiary/aromatic N) is 5. The Kier molecular flexibility index (Phi) is 26.9. The third kappa shape index (κ3) is 18.5. The van der Waals surface area contributed by atoms with E-state index < -0.39 is 28.7 Å². The predicted molar refractivity (Wildman–Crippen MR) is 457 cm³/mol. The molecular formula is C92H101Cl4N6NaO18. The van der Waals surface area contributed by atoms with Crippen molar-refractivity contribution in [1.29, 1.82) is 0 Å². The molecule has 0 bridgehead atoms. The monoisotopic (exact) mass is 1740 g/mol. The van der Waals surface area contributed by atoms with Gasteiger partial charge in [0, 0.05) is 183 Å². The maximum atomic E-state index is 13.6. The minimum absolute atomic E-state index is 0. The van der Waals surface area contributed by atoms with Gasteiger partial charge in [0.2, 0.25) is 5.91 Å². The average Bonchev–Trinajstić information content (AvgIpc) is 1.54. The Hall–Kier alpha value is -9.34. The van der Waals surface area contributed by atoms with Gasteiger partial charge in [-0.15, -0.1) is 0 Å². The molecule has 4 atom stereocenters. The van der Waals surface area contributed by atoms with Gasteiger partial charge in [0.05, 0.1) is 37.8 Å². The molecule has 8 aliphatic heterocycles. The topological polar surface area (TPSA) is 284 Å². The number of piperazine rings is 2. The molecule has 2 saturated heterocycles. The Morgan fingerprint density at radius 2 is 0.876 bits per heavy atom. The minimum Gasteiger partial charge on any atom is -0.870 e. The number of hydrogen-bond acceptors (Lipinski definition) is 21. The van der Waals surface area contributed by atoms with Crippen LogP contribution in [0.5, 0.6) is 57.5 Å². The molecule has 636 valence electrons. The van der Waals surface area contributed by atoms with Gasteiger partial charge in [-0.3, -0.25) is 9.59 Å². The van der Waals surface area contributed by atoms with Crippen molar-refractivity contribution in [1.82, 2.24) is 20.0 Å². The first kappa shape index (κ1) is 90.9. The number of esters is 3. The Morgan fingerprint density at radius 1 is 0.496 bits per heavy atom. The van der Waals surface area contributed by atoms with E-state index in [9.17, 15) is 39.0 Å². The zero-order valence-electron chi connectivity index (χ0n) is 70.6. The van der Waals surface area contributed by atoms with Crippen LogP contribution in [0.15, 0.2) is 133 Å². The Morgan fingerprint density at radius 3 is 1.28 bits per heavy atom. The first-order valence-electron chi connectivity index (χ1n) is 40.4. The maximum absolute atomic E-state index is 13.6. The van der Waals surface area contributed by atoms with E-state index in [1.165, 1.54) is 24.3 Å². The normalized spacial score (nSPS) is 19.6. The molecule has 8 heterocycles. The number of nitrogens with one attached hydrogen (secondary N) is 1. The summed E-state index contributed by atoms with van der Waals surface area (Å²) in [6, 6.07) is 39.8. The van der Waals surface area contributed by atoms with Gasteiger partial charge in [0.15, 0.2) is 22.7 Å². The number of benzene rings is 8. The molecule has 29 heteroatoms. The number of rotatable bonds is 13. The van der Waals surface area contributed by atoms with Crippen LogP contribution < -0.4 is 63.6 Å². The first-order chi connectivity index (χ1) is 56.4. The number of phenols is 2. The van der Waals surface area contributed by atoms with Gasteiger partial charge in [-0.2, -0.15) is 0 Å². The molecule has 4 unspecified atom stereocenters. The first-order valence-corrected chi connectivity index (χ1v) is 41.9. The van der Waals surface area contributed by atoms with Gasteiger partial charge in [-0.1, -0.05) is 96.6 Å². The summed E-state index contributed by atoms with van der Waals surface area (Å²) in [6.45, 7) is 33.0. The fraction of sp³-hybridized carbons (Fsp3) is 0.413. The van der Waals surface area contributed by atoms with Crippen molar-refractivity contribution in [2.24, 2.45) is 0 Å². The molecule has 8 aliphatic rings. The van der Waals surface area contributed by atoms with Crippen molar-refractivity contribution in [3.05, 3.63) is 209 Å². The smallest absolute Gasteiger partial charge is 0.870 e. The quantitative estimate of drug-likeness (QED) is 0.0549. The summed E-state index contributed by atoms with van der Waals surface area (Å²) in [4.78, 5) is 86.8. The number of amides is 3. The zero-order chi connectivity index (χ0) is 85.2. The maximum Gasteiger partial charge on any atom is 1.00 e. The molecule has 3 amide bonds. The molecule has 8 aromatic carbocycles. The van der Waals surface area contributed by atoms with Crippen LogP contribution in [0.2, 0.25) is 20.1 Å². The number of ether oxygens (including phenoxy) is 9. The SMILES string of the molecule is CC(C)(C)OC(=O)N1CCNCC1.CC1CC(C)(C)N(CCCC(=O)N2CCN(C(=O)OC(C)(C)C)CC2)c2cc3c(cc21)C1(OC(=O)c2ccccc21)c1ccc(Oc2cc(Cl)c(O)c(Cl)c2)cc1O3.CCOC(=O)CCCN1c2cc3c(cc2C(C)CC1(C)C)C1(OC(=O)c2ccccc21)c1ccc(Oc2cc(Cl)c(O)c(Cl)c2)cc1O3.[Na+].[OH-]. The molecule has 0 aromatic heterocycles. The molecule has 0 aliphatic carbocycles. The van der Waals surface area contributed by atoms with Gasteiger partial charge in [-0.05, 0) is 173 Å². The van der Waals surface area contributed by atoms with E-state index in [0.29, 0.717) is 140 Å². The van der Waals surface area contributed by atoms with E-state index in [2.05, 4.69) is 68.8 Å². The number of phenolic OH excluding ortho intramolecular Hbond substituents is 2. The van der Waals surface area contributed by atoms with Crippen LogP contribution in [0.4, 0.5) is 21.0 Å². The van der Waals surface area contributed by atoms with Crippen LogP contribution in [0.3, 0.4) is 0 Å². The number of anilines is 2. The zero-order valence-corrected chi connectivity index (χ0v) is 75.6. The summed E-state index contributed by atoms with van der Waals surface area (Å²) in [5.74, 6) is 2.41. The molecule has 16 rings (SSSR count). The molecule has 2 fully saturated rings. The molecule has 8 aromatic rings. The van der Waals surface area contributed by atoms with Crippen LogP contribution in [0.1, 0.15) is 206 Å². The Bertz CT molecular complexity index is 5280. The van der Waals surface area contributed by atoms with Crippen molar-refractivity contribution < 1.29 is 117 Å². The van der Waals surface area contributed by atoms with Crippen molar-refractivity contribution >= 4 is 93.8 Å². The van der Waals surface area contributed by atoms with E-state index in [4.69, 9.17) is 89.0 Å². The second kappa shape index (κ2) is 35.9. The number of hydrogen-bond donors (Lipinski definition) is 3. The molecule has 24 nitrogen and oxygen atoms in total. The number of carbonyl (C=O) groups excluding carboxylic acids is 6. The molecule has 2 spiro atoms. The van der Waals surface area contributed by atoms with Crippen molar-refractivity contribution in [3.63, 3.8) is 0 Å². The van der Waals surface area contributed by atoms with Gasteiger partial charge in [0.1, 0.15) is 57.2 Å². The molecule has 4 N–H and O–H groups in total. The van der Waals surface area contributed by atoms with E-state index in [1.807, 2.05) is 114 Å². The van der Waals surface area contributed by atoms with E-state index in [1.54, 1.807) is 46.2 Å². The van der Waals surface area contributed by atoms with E-state index >= 15 is 0 Å². The fourth-order valence-electron chi connectivity index (χ4n) is 17.5. The van der Waals surface area contributed by atoms with E-state index in [0.717, 1.165) is 83.8 Å². The Balaban J connectivity index is 0.000000192. The summed E-state index contributed by atoms with van der Waals surface area (Å²) in [6.07, 6.45) is 3.17. The molecular weight excluding hydrogens is 1640 g/mol. The minimum atomic E-state index is -1.28. The summed E-state index contributed by atoms with van der Waals surface area (Å²) in [7, 11) is 0. The second-order valence-corrected chi connectivity index (χ2v) is 36.1. The molecule has 121 heavy (non-hydrogen) atoms. The fourth-order valence-corrected chi connectivity index (χ4v) is 18.4. The van der Waals surface area contributed by atoms with Crippen molar-refractivity contribution in [2.75, 3.05) is 81.9 Å². The number of fused-ring (bicyclic) bond motifs is 14. The van der Waals surface area contributed by atoms with Gasteiger partial charge < -0.3 is 88.1 Å². The summed E-state index contributed by atoms with van der Waals surface area (Å²) < 4.78 is 54.6. The predicted octanol–water partition coefficient (Wildman–Crippen LogP) is 17.2. The summed E-state index contributed by atoms with van der Waals surface area (Å²) in [5, 5.41) is 23.5. The Labute approximate surface area is 747 Å². The van der Waals surface area contributed by atoms with E-state index in [-0.39, 0.29) is 119 Å². The van der Waals surface area contributed by atoms with Crippen molar-refractivity contribution in [2.45, 2.75) is 174 Å². The number of halogens is 4. The van der Waals surface area contributed by atoms with Crippen LogP contribution in [-0.2, 0) is 44.5 Å². The average molecular weight is 1740 g/mol. The van der Waals surface area contributed by atoms with Crippen LogP contribution in [0, 0.1) is 0 Å². The van der Waals surface area contributed by atoms with Gasteiger partial charge >= 0.3 is 59.7 Å². The largest absolute Gasteiger partial charge is 1.00 e. The molecule has 0 saturated carbocycles. The van der Waals surface area contributed by atoms with Crippen LogP contribution >= 0.6 is 46.4 Å². The number of carbonyl (C=O) groups is 6. The van der Waals surface area contributed by atoms with Gasteiger partial charge in [0.25, 0.3) is 0 Å². The molecule has 0 radical (unpaired) electrons. The third-order valence-electron chi connectivity index (χ3n) is 22.7. The van der Waals surface area contributed by atoms with Crippen LogP contribution in [0.25, 0.3) is 0 Å². The van der Waals surface area contributed by atoms with Crippen LogP contribution in [-0.4, -0.2) is 161 Å². The number of aromatic hydroxyl groups is 2. The third-order valence-corrected chi connectivity index (χ3v) is 23.9. The van der Waals surface area contributed by atoms with Crippen molar-refractivity contribution in [3.8, 4) is 57.5 Å². The van der Waals surface area contributed by atoms with Gasteiger partial charge in [-0.25, -0.2) is 19.2 Å². The second-order valence-electron chi connectivity index (χ2n) is 34.5.